The SMILES string of the molecule is COc1ccc(C)cc1NC(=O)C1CCCN1C(=O)CC1CCCN1.Cl. The van der Waals surface area contributed by atoms with Crippen LogP contribution >= 0.6 is 12.4 Å². The number of hydrogen-bond acceptors (Lipinski definition) is 4. The van der Waals surface area contributed by atoms with Gasteiger partial charge in [0.2, 0.25) is 11.8 Å². The lowest BCUT2D eigenvalue weighted by Crippen LogP contribution is -2.44. The summed E-state index contributed by atoms with van der Waals surface area (Å²) in [5.41, 5.74) is 1.70. The molecule has 2 fully saturated rings. The van der Waals surface area contributed by atoms with Crippen LogP contribution in [0.3, 0.4) is 0 Å². The van der Waals surface area contributed by atoms with Crippen molar-refractivity contribution < 1.29 is 14.3 Å². The summed E-state index contributed by atoms with van der Waals surface area (Å²) in [7, 11) is 1.58. The van der Waals surface area contributed by atoms with E-state index in [2.05, 4.69) is 10.6 Å². The molecule has 6 nitrogen and oxygen atoms in total. The van der Waals surface area contributed by atoms with Gasteiger partial charge in [0.1, 0.15) is 11.8 Å². The van der Waals surface area contributed by atoms with Gasteiger partial charge in [-0.2, -0.15) is 0 Å². The van der Waals surface area contributed by atoms with Crippen molar-refractivity contribution in [3.63, 3.8) is 0 Å². The molecule has 2 atom stereocenters. The fourth-order valence-corrected chi connectivity index (χ4v) is 3.73. The molecule has 2 aliphatic heterocycles. The number of nitrogens with zero attached hydrogens (tertiary/aromatic N) is 1. The minimum atomic E-state index is -0.390. The third-order valence-electron chi connectivity index (χ3n) is 5.07. The maximum absolute atomic E-state index is 12.8. The fourth-order valence-electron chi connectivity index (χ4n) is 3.73. The predicted octanol–water partition coefficient (Wildman–Crippen LogP) is 2.50. The van der Waals surface area contributed by atoms with Crippen LogP contribution in [0.5, 0.6) is 5.75 Å². The van der Waals surface area contributed by atoms with Crippen LogP contribution in [0.1, 0.15) is 37.7 Å². The second-order valence-electron chi connectivity index (χ2n) is 6.94. The number of ether oxygens (including phenoxy) is 1. The number of nitrogens with one attached hydrogen (secondary N) is 2. The van der Waals surface area contributed by atoms with Gasteiger partial charge in [-0.15, -0.1) is 12.4 Å². The van der Waals surface area contributed by atoms with Crippen LogP contribution in [0, 0.1) is 6.92 Å². The van der Waals surface area contributed by atoms with Crippen LogP contribution in [-0.4, -0.2) is 49.0 Å². The van der Waals surface area contributed by atoms with E-state index in [4.69, 9.17) is 4.74 Å². The van der Waals surface area contributed by atoms with E-state index in [0.717, 1.165) is 31.4 Å². The second kappa shape index (κ2) is 9.24. The van der Waals surface area contributed by atoms with E-state index < -0.39 is 0 Å². The van der Waals surface area contributed by atoms with E-state index in [9.17, 15) is 9.59 Å². The molecular weight excluding hydrogens is 354 g/mol. The monoisotopic (exact) mass is 381 g/mol. The van der Waals surface area contributed by atoms with Crippen molar-refractivity contribution in [2.24, 2.45) is 0 Å². The molecule has 0 bridgehead atoms. The molecule has 2 unspecified atom stereocenters. The molecule has 0 saturated carbocycles. The first kappa shape index (κ1) is 20.5. The van der Waals surface area contributed by atoms with Crippen molar-refractivity contribution in [2.75, 3.05) is 25.5 Å². The molecule has 3 rings (SSSR count). The summed E-state index contributed by atoms with van der Waals surface area (Å²) in [6, 6.07) is 5.54. The highest BCUT2D eigenvalue weighted by Gasteiger charge is 2.35. The lowest BCUT2D eigenvalue weighted by atomic mass is 10.1. The van der Waals surface area contributed by atoms with Crippen molar-refractivity contribution in [3.05, 3.63) is 23.8 Å². The number of amides is 2. The summed E-state index contributed by atoms with van der Waals surface area (Å²) in [5, 5.41) is 6.30. The zero-order valence-corrected chi connectivity index (χ0v) is 16.2. The number of likely N-dealkylation sites (tertiary alicyclic amines) is 1. The molecule has 7 heteroatoms. The smallest absolute Gasteiger partial charge is 0.247 e. The van der Waals surface area contributed by atoms with E-state index in [1.807, 2.05) is 25.1 Å². The Morgan fingerprint density at radius 3 is 2.81 bits per heavy atom. The number of hydrogen-bond donors (Lipinski definition) is 2. The number of halogens is 1. The molecular formula is C19H28ClN3O3. The van der Waals surface area contributed by atoms with Crippen LogP contribution < -0.4 is 15.4 Å². The summed E-state index contributed by atoms with van der Waals surface area (Å²) in [4.78, 5) is 27.1. The lowest BCUT2D eigenvalue weighted by molar-refractivity contribution is -0.137. The summed E-state index contributed by atoms with van der Waals surface area (Å²) < 4.78 is 5.32. The fraction of sp³-hybridized carbons (Fsp3) is 0.579. The Morgan fingerprint density at radius 2 is 2.12 bits per heavy atom. The minimum absolute atomic E-state index is 0. The Balaban J connectivity index is 0.00000243. The Bertz CT molecular complexity index is 647. The molecule has 1 aromatic carbocycles. The Morgan fingerprint density at radius 1 is 1.31 bits per heavy atom. The summed E-state index contributed by atoms with van der Waals surface area (Å²) in [5.74, 6) is 0.576. The topological polar surface area (TPSA) is 70.7 Å². The maximum Gasteiger partial charge on any atom is 0.247 e. The highest BCUT2D eigenvalue weighted by Crippen LogP contribution is 2.27. The predicted molar refractivity (Wildman–Crippen MR) is 104 cm³/mol. The number of aryl methyl sites for hydroxylation is 1. The van der Waals surface area contributed by atoms with Crippen LogP contribution in [0.4, 0.5) is 5.69 Å². The lowest BCUT2D eigenvalue weighted by Gasteiger charge is -2.25. The molecule has 26 heavy (non-hydrogen) atoms. The third-order valence-corrected chi connectivity index (χ3v) is 5.07. The Labute approximate surface area is 161 Å². The van der Waals surface area contributed by atoms with Gasteiger partial charge in [-0.05, 0) is 56.8 Å². The summed E-state index contributed by atoms with van der Waals surface area (Å²) in [6.45, 7) is 3.61. The molecule has 0 aromatic heterocycles. The van der Waals surface area contributed by atoms with Crippen molar-refractivity contribution in [2.45, 2.75) is 51.1 Å². The zero-order valence-electron chi connectivity index (χ0n) is 15.4. The van der Waals surface area contributed by atoms with Crippen LogP contribution in [0.25, 0.3) is 0 Å². The van der Waals surface area contributed by atoms with Crippen molar-refractivity contribution in [1.29, 1.82) is 0 Å². The zero-order chi connectivity index (χ0) is 17.8. The summed E-state index contributed by atoms with van der Waals surface area (Å²) >= 11 is 0. The van der Waals surface area contributed by atoms with E-state index in [1.54, 1.807) is 12.0 Å². The van der Waals surface area contributed by atoms with Gasteiger partial charge in [0.25, 0.3) is 0 Å². The molecule has 144 valence electrons. The largest absolute Gasteiger partial charge is 0.495 e. The first-order chi connectivity index (χ1) is 12.1. The first-order valence-corrected chi connectivity index (χ1v) is 9.07. The van der Waals surface area contributed by atoms with Crippen LogP contribution in [0.2, 0.25) is 0 Å². The van der Waals surface area contributed by atoms with Crippen molar-refractivity contribution >= 4 is 29.9 Å². The van der Waals surface area contributed by atoms with Gasteiger partial charge in [-0.1, -0.05) is 6.07 Å². The van der Waals surface area contributed by atoms with Crippen LogP contribution in [-0.2, 0) is 9.59 Å². The molecule has 2 heterocycles. The van der Waals surface area contributed by atoms with E-state index in [0.29, 0.717) is 30.8 Å². The number of methoxy groups -OCH3 is 1. The standard InChI is InChI=1S/C19H27N3O3.ClH/c1-13-7-8-17(25-2)15(11-13)21-19(24)16-6-4-10-22(16)18(23)12-14-5-3-9-20-14;/h7-8,11,14,16,20H,3-6,9-10,12H2,1-2H3,(H,21,24);1H. The quantitative estimate of drug-likeness (QED) is 0.822. The Hall–Kier alpha value is -1.79. The molecule has 2 saturated heterocycles. The van der Waals surface area contributed by atoms with Crippen molar-refractivity contribution in [1.82, 2.24) is 10.2 Å². The molecule has 0 spiro atoms. The highest BCUT2D eigenvalue weighted by atomic mass is 35.5. The van der Waals surface area contributed by atoms with Crippen molar-refractivity contribution in [3.8, 4) is 5.75 Å². The molecule has 2 N–H and O–H groups in total. The minimum Gasteiger partial charge on any atom is -0.495 e. The summed E-state index contributed by atoms with van der Waals surface area (Å²) in [6.07, 6.45) is 4.22. The molecule has 0 radical (unpaired) electrons. The Kier molecular flexibility index (Phi) is 7.29. The maximum atomic E-state index is 12.8. The second-order valence-corrected chi connectivity index (χ2v) is 6.94. The molecule has 0 aliphatic carbocycles. The first-order valence-electron chi connectivity index (χ1n) is 9.07. The average Bonchev–Trinajstić information content (AvgIpc) is 3.26. The van der Waals surface area contributed by atoms with Gasteiger partial charge < -0.3 is 20.3 Å². The van der Waals surface area contributed by atoms with Gasteiger partial charge in [0, 0.05) is 19.0 Å². The molecule has 2 amide bonds. The van der Waals surface area contributed by atoms with Gasteiger partial charge in [-0.25, -0.2) is 0 Å². The third kappa shape index (κ3) is 4.68. The van der Waals surface area contributed by atoms with E-state index in [-0.39, 0.29) is 36.3 Å². The van der Waals surface area contributed by atoms with Gasteiger partial charge in [0.15, 0.2) is 0 Å². The normalized spacial score (nSPS) is 22.0. The number of carbonyl (C=O) groups excluding carboxylic acids is 2. The molecule has 2 aliphatic rings. The number of anilines is 1. The van der Waals surface area contributed by atoms with E-state index >= 15 is 0 Å². The number of rotatable bonds is 5. The van der Waals surface area contributed by atoms with Gasteiger partial charge in [-0.3, -0.25) is 9.59 Å². The van der Waals surface area contributed by atoms with Gasteiger partial charge >= 0.3 is 0 Å². The number of benzene rings is 1. The molecule has 1 aromatic rings. The number of carbonyl (C=O) groups is 2. The van der Waals surface area contributed by atoms with E-state index in [1.165, 1.54) is 0 Å². The van der Waals surface area contributed by atoms with Crippen LogP contribution in [0.15, 0.2) is 18.2 Å². The van der Waals surface area contributed by atoms with Gasteiger partial charge in [0.05, 0.1) is 12.8 Å². The highest BCUT2D eigenvalue weighted by molar-refractivity contribution is 5.98. The average molecular weight is 382 g/mol.